The molecule has 160 valence electrons. The number of amides is 1. The number of benzene rings is 2. The molecule has 0 bridgehead atoms. The van der Waals surface area contributed by atoms with Gasteiger partial charge in [-0.15, -0.1) is 11.3 Å². The van der Waals surface area contributed by atoms with Crippen molar-refractivity contribution >= 4 is 65.0 Å². The average Bonchev–Trinajstić information content (AvgIpc) is 3.34. The third kappa shape index (κ3) is 4.42. The Labute approximate surface area is 184 Å². The van der Waals surface area contributed by atoms with E-state index in [1.54, 1.807) is 34.3 Å². The van der Waals surface area contributed by atoms with Gasteiger partial charge in [0.15, 0.2) is 4.80 Å². The molecular formula is C19H16N4O5S3. The molecule has 0 radical (unpaired) electrons. The van der Waals surface area contributed by atoms with Crippen molar-refractivity contribution in [2.45, 2.75) is 17.9 Å². The highest BCUT2D eigenvalue weighted by atomic mass is 32.2. The summed E-state index contributed by atoms with van der Waals surface area (Å²) >= 11 is 2.56. The summed E-state index contributed by atoms with van der Waals surface area (Å²) in [6.07, 6.45) is 0.0630. The van der Waals surface area contributed by atoms with Gasteiger partial charge in [0.25, 0.3) is 5.91 Å². The zero-order chi connectivity index (χ0) is 22.2. The Hall–Kier alpha value is -2.93. The lowest BCUT2D eigenvalue weighted by Crippen LogP contribution is -2.19. The highest BCUT2D eigenvalue weighted by Crippen LogP contribution is 2.23. The van der Waals surface area contributed by atoms with Crippen molar-refractivity contribution in [3.05, 3.63) is 52.3 Å². The first-order valence-corrected chi connectivity index (χ1v) is 12.2. The number of rotatable bonds is 5. The van der Waals surface area contributed by atoms with Crippen LogP contribution in [0.1, 0.15) is 16.8 Å². The fourth-order valence-electron chi connectivity index (χ4n) is 2.98. The molecule has 0 atom stereocenters. The molecule has 4 rings (SSSR count). The number of carbonyl (C=O) groups excluding carboxylic acids is 2. The second kappa shape index (κ2) is 8.30. The van der Waals surface area contributed by atoms with Crippen molar-refractivity contribution < 1.29 is 22.7 Å². The summed E-state index contributed by atoms with van der Waals surface area (Å²) in [5.74, 6) is -0.874. The maximum Gasteiger partial charge on any atom is 0.307 e. The van der Waals surface area contributed by atoms with Crippen molar-refractivity contribution in [1.82, 2.24) is 9.55 Å². The summed E-state index contributed by atoms with van der Waals surface area (Å²) in [6.45, 7) is 0.210. The summed E-state index contributed by atoms with van der Waals surface area (Å²) < 4.78 is 31.2. The van der Waals surface area contributed by atoms with Crippen molar-refractivity contribution in [3.63, 3.8) is 0 Å². The molecule has 0 aliphatic rings. The molecule has 12 heteroatoms. The highest BCUT2D eigenvalue weighted by molar-refractivity contribution is 7.89. The minimum Gasteiger partial charge on any atom is -0.469 e. The number of thiazole rings is 2. The van der Waals surface area contributed by atoms with Crippen LogP contribution in [0.2, 0.25) is 0 Å². The SMILES string of the molecule is COC(=O)CCn1c(=NC(=O)c2ccc3ncsc3c2)sc2cc(S(N)(=O)=O)ccc21. The van der Waals surface area contributed by atoms with E-state index in [1.807, 2.05) is 0 Å². The molecule has 1 amide bonds. The van der Waals surface area contributed by atoms with Gasteiger partial charge < -0.3 is 9.30 Å². The van der Waals surface area contributed by atoms with Crippen LogP contribution >= 0.6 is 22.7 Å². The third-order valence-corrected chi connectivity index (χ3v) is 7.27. The van der Waals surface area contributed by atoms with Crippen LogP contribution < -0.4 is 9.94 Å². The van der Waals surface area contributed by atoms with Gasteiger partial charge in [-0.1, -0.05) is 11.3 Å². The van der Waals surface area contributed by atoms with Crippen molar-refractivity contribution in [1.29, 1.82) is 0 Å². The summed E-state index contributed by atoms with van der Waals surface area (Å²) in [5, 5.41) is 5.23. The maximum atomic E-state index is 12.8. The summed E-state index contributed by atoms with van der Waals surface area (Å²) in [5.41, 5.74) is 3.53. The number of ether oxygens (including phenoxy) is 1. The van der Waals surface area contributed by atoms with E-state index in [9.17, 15) is 18.0 Å². The summed E-state index contributed by atoms with van der Waals surface area (Å²) in [4.78, 5) is 33.2. The summed E-state index contributed by atoms with van der Waals surface area (Å²) in [7, 11) is -2.59. The molecule has 0 spiro atoms. The molecular weight excluding hydrogens is 460 g/mol. The molecule has 2 aromatic heterocycles. The number of primary sulfonamides is 1. The number of nitrogens with two attached hydrogens (primary N) is 1. The molecule has 0 saturated carbocycles. The fourth-order valence-corrected chi connectivity index (χ4v) is 5.40. The smallest absolute Gasteiger partial charge is 0.307 e. The predicted molar refractivity (Wildman–Crippen MR) is 117 cm³/mol. The number of methoxy groups -OCH3 is 1. The molecule has 0 aliphatic heterocycles. The second-order valence-electron chi connectivity index (χ2n) is 6.49. The molecule has 0 fully saturated rings. The van der Waals surface area contributed by atoms with Gasteiger partial charge in [-0.25, -0.2) is 18.5 Å². The molecule has 0 saturated heterocycles. The lowest BCUT2D eigenvalue weighted by Gasteiger charge is -2.05. The van der Waals surface area contributed by atoms with Crippen LogP contribution in [0.4, 0.5) is 0 Å². The van der Waals surface area contributed by atoms with Crippen LogP contribution in [-0.4, -0.2) is 37.0 Å². The standard InChI is InChI=1S/C19H16N4O5S3/c1-28-17(24)6-7-23-14-5-3-12(31(20,26)27)9-16(14)30-19(23)22-18(25)11-2-4-13-15(8-11)29-10-21-13/h2-5,8-10H,6-7H2,1H3,(H2,20,26,27). The van der Waals surface area contributed by atoms with Crippen LogP contribution in [0.15, 0.2) is 51.8 Å². The monoisotopic (exact) mass is 476 g/mol. The Balaban J connectivity index is 1.83. The molecule has 2 aromatic carbocycles. The first kappa shape index (κ1) is 21.3. The normalized spacial score (nSPS) is 12.5. The molecule has 2 N–H and O–H groups in total. The molecule has 31 heavy (non-hydrogen) atoms. The Morgan fingerprint density at radius 2 is 2.00 bits per heavy atom. The van der Waals surface area contributed by atoms with Crippen molar-refractivity contribution in [3.8, 4) is 0 Å². The first-order chi connectivity index (χ1) is 14.8. The number of aryl methyl sites for hydroxylation is 1. The molecule has 9 nitrogen and oxygen atoms in total. The van der Waals surface area contributed by atoms with E-state index in [0.29, 0.717) is 20.6 Å². The van der Waals surface area contributed by atoms with Crippen LogP contribution in [0.25, 0.3) is 20.4 Å². The highest BCUT2D eigenvalue weighted by Gasteiger charge is 2.15. The van der Waals surface area contributed by atoms with E-state index in [1.165, 1.54) is 30.6 Å². The van der Waals surface area contributed by atoms with Crippen LogP contribution in [0, 0.1) is 0 Å². The van der Waals surface area contributed by atoms with E-state index in [0.717, 1.165) is 21.6 Å². The van der Waals surface area contributed by atoms with Crippen LogP contribution in [0.3, 0.4) is 0 Å². The Morgan fingerprint density at radius 3 is 2.74 bits per heavy atom. The number of esters is 1. The molecule has 4 aromatic rings. The van der Waals surface area contributed by atoms with Gasteiger partial charge in [0.2, 0.25) is 10.0 Å². The van der Waals surface area contributed by atoms with E-state index in [2.05, 4.69) is 9.98 Å². The second-order valence-corrected chi connectivity index (χ2v) is 9.95. The number of nitrogens with zero attached hydrogens (tertiary/aromatic N) is 3. The lowest BCUT2D eigenvalue weighted by molar-refractivity contribution is -0.140. The fraction of sp³-hybridized carbons (Fsp3) is 0.158. The quantitative estimate of drug-likeness (QED) is 0.439. The topological polar surface area (TPSA) is 134 Å². The molecule has 0 aliphatic carbocycles. The first-order valence-electron chi connectivity index (χ1n) is 8.91. The van der Waals surface area contributed by atoms with Crippen LogP contribution in [-0.2, 0) is 26.1 Å². The predicted octanol–water partition coefficient (Wildman–Crippen LogP) is 2.26. The Morgan fingerprint density at radius 1 is 1.19 bits per heavy atom. The van der Waals surface area contributed by atoms with Gasteiger partial charge in [-0.05, 0) is 36.4 Å². The van der Waals surface area contributed by atoms with Gasteiger partial charge >= 0.3 is 5.97 Å². The van der Waals surface area contributed by atoms with Gasteiger partial charge in [-0.3, -0.25) is 9.59 Å². The number of fused-ring (bicyclic) bond motifs is 2. The zero-order valence-corrected chi connectivity index (χ0v) is 18.6. The van der Waals surface area contributed by atoms with Gasteiger partial charge in [0, 0.05) is 12.1 Å². The average molecular weight is 477 g/mol. The van der Waals surface area contributed by atoms with Crippen molar-refractivity contribution in [2.75, 3.05) is 7.11 Å². The number of sulfonamides is 1. The minimum absolute atomic E-state index is 0.0464. The third-order valence-electron chi connectivity index (χ3n) is 4.53. The van der Waals surface area contributed by atoms with Gasteiger partial charge in [0.1, 0.15) is 0 Å². The van der Waals surface area contributed by atoms with Crippen LogP contribution in [0.5, 0.6) is 0 Å². The largest absolute Gasteiger partial charge is 0.469 e. The number of aromatic nitrogens is 2. The Kier molecular flexibility index (Phi) is 5.71. The van der Waals surface area contributed by atoms with Gasteiger partial charge in [0.05, 0.1) is 44.4 Å². The van der Waals surface area contributed by atoms with Crippen molar-refractivity contribution in [2.24, 2.45) is 10.1 Å². The van der Waals surface area contributed by atoms with E-state index >= 15 is 0 Å². The number of hydrogen-bond acceptors (Lipinski definition) is 8. The molecule has 2 heterocycles. The van der Waals surface area contributed by atoms with E-state index < -0.39 is 21.9 Å². The minimum atomic E-state index is -3.89. The van der Waals surface area contributed by atoms with E-state index in [-0.39, 0.29) is 17.9 Å². The summed E-state index contributed by atoms with van der Waals surface area (Å²) in [6, 6.07) is 9.52. The zero-order valence-electron chi connectivity index (χ0n) is 16.1. The van der Waals surface area contributed by atoms with E-state index in [4.69, 9.17) is 9.88 Å². The Bertz CT molecular complexity index is 1500. The van der Waals surface area contributed by atoms with Gasteiger partial charge in [-0.2, -0.15) is 4.99 Å². The molecule has 0 unspecified atom stereocenters. The lowest BCUT2D eigenvalue weighted by atomic mass is 10.2. The number of carbonyl (C=O) groups is 2. The number of hydrogen-bond donors (Lipinski definition) is 1. The maximum absolute atomic E-state index is 12.8.